The van der Waals surface area contributed by atoms with E-state index in [1.54, 1.807) is 11.3 Å². The van der Waals surface area contributed by atoms with Gasteiger partial charge in [-0.25, -0.2) is 4.98 Å². The number of hydrogen-bond donors (Lipinski definition) is 0. The van der Waals surface area contributed by atoms with Crippen molar-refractivity contribution in [1.82, 2.24) is 9.36 Å². The summed E-state index contributed by atoms with van der Waals surface area (Å²) in [5.41, 5.74) is 0. The summed E-state index contributed by atoms with van der Waals surface area (Å²) < 4.78 is 5.62. The second kappa shape index (κ2) is 3.41. The van der Waals surface area contributed by atoms with Crippen molar-refractivity contribution in [1.29, 1.82) is 0 Å². The molecule has 0 aliphatic rings. The van der Waals surface area contributed by atoms with Crippen LogP contribution in [-0.4, -0.2) is 9.36 Å². The van der Waals surface area contributed by atoms with Crippen LogP contribution in [0.3, 0.4) is 0 Å². The van der Waals surface area contributed by atoms with Crippen LogP contribution in [0.2, 0.25) is 4.47 Å². The molecule has 0 spiro atoms. The van der Waals surface area contributed by atoms with Gasteiger partial charge in [-0.2, -0.15) is 4.37 Å². The summed E-state index contributed by atoms with van der Waals surface area (Å²) >= 11 is 11.8. The predicted molar refractivity (Wildman–Crippen MR) is 55.9 cm³/mol. The van der Waals surface area contributed by atoms with Gasteiger partial charge >= 0.3 is 0 Å². The van der Waals surface area contributed by atoms with Crippen molar-refractivity contribution in [3.63, 3.8) is 0 Å². The first-order valence-corrected chi connectivity index (χ1v) is 5.82. The van der Waals surface area contributed by atoms with Gasteiger partial charge < -0.3 is 0 Å². The van der Waals surface area contributed by atoms with Crippen LogP contribution >= 0.6 is 50.4 Å². The fourth-order valence-electron chi connectivity index (χ4n) is 0.735. The van der Waals surface area contributed by atoms with E-state index in [2.05, 4.69) is 25.3 Å². The van der Waals surface area contributed by atoms with Gasteiger partial charge in [-0.1, -0.05) is 0 Å². The highest BCUT2D eigenvalue weighted by molar-refractivity contribution is 9.10. The summed E-state index contributed by atoms with van der Waals surface area (Å²) in [6, 6.07) is 1.98. The number of halogens is 2. The molecule has 2 rings (SSSR count). The highest BCUT2D eigenvalue weighted by Gasteiger charge is 2.06. The summed E-state index contributed by atoms with van der Waals surface area (Å²) in [6.45, 7) is 0. The number of aromatic nitrogens is 2. The maximum atomic E-state index is 5.65. The van der Waals surface area contributed by atoms with Gasteiger partial charge in [-0.3, -0.25) is 0 Å². The lowest BCUT2D eigenvalue weighted by molar-refractivity contribution is 1.34. The Bertz CT molecular complexity index is 359. The Balaban J connectivity index is 2.43. The Labute approximate surface area is 90.5 Å². The molecule has 2 heterocycles. The van der Waals surface area contributed by atoms with E-state index < -0.39 is 0 Å². The SMILES string of the molecule is Clc1nc(-c2cc(Br)cs2)ns1. The van der Waals surface area contributed by atoms with E-state index in [1.165, 1.54) is 11.5 Å². The Morgan fingerprint density at radius 3 is 2.83 bits per heavy atom. The third kappa shape index (κ3) is 1.69. The normalized spacial score (nSPS) is 10.5. The molecule has 0 radical (unpaired) electrons. The first-order chi connectivity index (χ1) is 5.75. The van der Waals surface area contributed by atoms with E-state index in [1.807, 2.05) is 11.4 Å². The molecule has 62 valence electrons. The molecule has 6 heteroatoms. The van der Waals surface area contributed by atoms with E-state index in [4.69, 9.17) is 11.6 Å². The Morgan fingerprint density at radius 2 is 2.33 bits per heavy atom. The largest absolute Gasteiger partial charge is 0.203 e. The highest BCUT2D eigenvalue weighted by atomic mass is 79.9. The fourth-order valence-corrected chi connectivity index (χ4v) is 2.77. The molecule has 0 saturated carbocycles. The van der Waals surface area contributed by atoms with Gasteiger partial charge in [0.2, 0.25) is 4.47 Å². The van der Waals surface area contributed by atoms with E-state index in [-0.39, 0.29) is 0 Å². The molecule has 0 amide bonds. The molecular formula is C6H2BrClN2S2. The van der Waals surface area contributed by atoms with Crippen LogP contribution in [0.1, 0.15) is 0 Å². The molecule has 0 aliphatic heterocycles. The zero-order chi connectivity index (χ0) is 8.55. The molecule has 0 aliphatic carbocycles. The number of thiophene rings is 1. The van der Waals surface area contributed by atoms with Gasteiger partial charge in [-0.15, -0.1) is 11.3 Å². The third-order valence-corrected chi connectivity index (χ3v) is 3.67. The van der Waals surface area contributed by atoms with Gasteiger partial charge in [0.1, 0.15) is 0 Å². The van der Waals surface area contributed by atoms with Gasteiger partial charge in [0.15, 0.2) is 5.82 Å². The van der Waals surface area contributed by atoms with Crippen molar-refractivity contribution < 1.29 is 0 Å². The minimum atomic E-state index is 0.481. The van der Waals surface area contributed by atoms with Crippen molar-refractivity contribution in [3.05, 3.63) is 20.4 Å². The van der Waals surface area contributed by atoms with Gasteiger partial charge in [0.25, 0.3) is 0 Å². The van der Waals surface area contributed by atoms with Crippen molar-refractivity contribution >= 4 is 50.4 Å². The molecular weight excluding hydrogens is 280 g/mol. The zero-order valence-corrected chi connectivity index (χ0v) is 9.60. The predicted octanol–water partition coefficient (Wildman–Crippen LogP) is 3.68. The monoisotopic (exact) mass is 280 g/mol. The molecule has 0 saturated heterocycles. The lowest BCUT2D eigenvalue weighted by Crippen LogP contribution is -1.72. The van der Waals surface area contributed by atoms with Crippen LogP contribution in [0.25, 0.3) is 10.7 Å². The first-order valence-electron chi connectivity index (χ1n) is 2.99. The van der Waals surface area contributed by atoms with E-state index in [0.717, 1.165) is 9.35 Å². The quantitative estimate of drug-likeness (QED) is 0.797. The lowest BCUT2D eigenvalue weighted by Gasteiger charge is -1.82. The minimum Gasteiger partial charge on any atom is -0.202 e. The average Bonchev–Trinajstić information content (AvgIpc) is 2.58. The molecule has 0 N–H and O–H groups in total. The van der Waals surface area contributed by atoms with Crippen LogP contribution in [0.15, 0.2) is 15.9 Å². The number of hydrogen-bond acceptors (Lipinski definition) is 4. The molecule has 0 fully saturated rings. The van der Waals surface area contributed by atoms with Crippen molar-refractivity contribution in [2.24, 2.45) is 0 Å². The van der Waals surface area contributed by atoms with Crippen LogP contribution < -0.4 is 0 Å². The lowest BCUT2D eigenvalue weighted by atomic mass is 10.4. The Kier molecular flexibility index (Phi) is 2.45. The maximum absolute atomic E-state index is 5.65. The standard InChI is InChI=1S/C6H2BrClN2S2/c7-3-1-4(11-2-3)5-9-6(8)12-10-5/h1-2H. The molecule has 0 unspecified atom stereocenters. The summed E-state index contributed by atoms with van der Waals surface area (Å²) in [5, 5.41) is 1.99. The topological polar surface area (TPSA) is 25.8 Å². The van der Waals surface area contributed by atoms with E-state index in [9.17, 15) is 0 Å². The van der Waals surface area contributed by atoms with Crippen LogP contribution in [0.5, 0.6) is 0 Å². The van der Waals surface area contributed by atoms with Crippen molar-refractivity contribution in [2.45, 2.75) is 0 Å². The molecule has 2 aromatic rings. The average molecular weight is 282 g/mol. The molecule has 0 atom stereocenters. The summed E-state index contributed by atoms with van der Waals surface area (Å²) in [6.07, 6.45) is 0. The minimum absolute atomic E-state index is 0.481. The van der Waals surface area contributed by atoms with Crippen LogP contribution in [-0.2, 0) is 0 Å². The zero-order valence-electron chi connectivity index (χ0n) is 5.62. The van der Waals surface area contributed by atoms with Gasteiger partial charge in [0, 0.05) is 9.85 Å². The van der Waals surface area contributed by atoms with Crippen LogP contribution in [0, 0.1) is 0 Å². The number of nitrogens with zero attached hydrogens (tertiary/aromatic N) is 2. The van der Waals surface area contributed by atoms with E-state index in [0.29, 0.717) is 10.3 Å². The Hall–Kier alpha value is 0.0300. The molecule has 12 heavy (non-hydrogen) atoms. The maximum Gasteiger partial charge on any atom is 0.203 e. The van der Waals surface area contributed by atoms with Crippen molar-refractivity contribution in [3.8, 4) is 10.7 Å². The smallest absolute Gasteiger partial charge is 0.202 e. The summed E-state index contributed by atoms with van der Waals surface area (Å²) in [5.74, 6) is 0.709. The molecule has 0 bridgehead atoms. The van der Waals surface area contributed by atoms with Crippen LogP contribution in [0.4, 0.5) is 0 Å². The number of rotatable bonds is 1. The van der Waals surface area contributed by atoms with Gasteiger partial charge in [0.05, 0.1) is 4.88 Å². The summed E-state index contributed by atoms with van der Waals surface area (Å²) in [4.78, 5) is 5.09. The molecule has 2 aromatic heterocycles. The first kappa shape index (κ1) is 8.62. The summed E-state index contributed by atoms with van der Waals surface area (Å²) in [7, 11) is 0. The highest BCUT2D eigenvalue weighted by Crippen LogP contribution is 2.29. The molecule has 0 aromatic carbocycles. The molecule has 2 nitrogen and oxygen atoms in total. The second-order valence-electron chi connectivity index (χ2n) is 2.00. The third-order valence-electron chi connectivity index (χ3n) is 1.19. The van der Waals surface area contributed by atoms with Crippen molar-refractivity contribution in [2.75, 3.05) is 0 Å². The van der Waals surface area contributed by atoms with Gasteiger partial charge in [-0.05, 0) is 45.1 Å². The fraction of sp³-hybridized carbons (Fsp3) is 0. The second-order valence-corrected chi connectivity index (χ2v) is 5.16. The van der Waals surface area contributed by atoms with E-state index >= 15 is 0 Å². The Morgan fingerprint density at radius 1 is 1.50 bits per heavy atom.